The number of aliphatic hydroxyl groups is 1. The Morgan fingerprint density at radius 1 is 1.21 bits per heavy atom. The van der Waals surface area contributed by atoms with Gasteiger partial charge in [-0.05, 0) is 37.8 Å². The van der Waals surface area contributed by atoms with E-state index in [0.29, 0.717) is 12.8 Å². The predicted octanol–water partition coefficient (Wildman–Crippen LogP) is 3.20. The molecule has 1 saturated carbocycles. The van der Waals surface area contributed by atoms with Crippen molar-refractivity contribution >= 4 is 5.97 Å². The Labute approximate surface area is 114 Å². The van der Waals surface area contributed by atoms with Gasteiger partial charge in [-0.2, -0.15) is 0 Å². The smallest absolute Gasteiger partial charge is 0.314 e. The zero-order valence-corrected chi connectivity index (χ0v) is 11.6. The molecule has 0 atom stereocenters. The molecule has 3 nitrogen and oxygen atoms in total. The van der Waals surface area contributed by atoms with Crippen molar-refractivity contribution in [2.75, 3.05) is 0 Å². The van der Waals surface area contributed by atoms with Gasteiger partial charge in [0.1, 0.15) is 0 Å². The first-order valence-electron chi connectivity index (χ1n) is 6.93. The van der Waals surface area contributed by atoms with Crippen molar-refractivity contribution in [1.82, 2.24) is 0 Å². The maximum absolute atomic E-state index is 11.8. The molecule has 2 rings (SSSR count). The van der Waals surface area contributed by atoms with Crippen molar-refractivity contribution in [2.45, 2.75) is 57.0 Å². The molecule has 104 valence electrons. The number of carboxylic acid groups (broad SMARTS) is 1. The van der Waals surface area contributed by atoms with E-state index >= 15 is 0 Å². The normalized spacial score (nSPS) is 19.1. The first-order valence-corrected chi connectivity index (χ1v) is 6.93. The minimum absolute atomic E-state index is 0.692. The summed E-state index contributed by atoms with van der Waals surface area (Å²) >= 11 is 0. The fourth-order valence-electron chi connectivity index (χ4n) is 2.98. The van der Waals surface area contributed by atoms with E-state index in [0.717, 1.165) is 30.4 Å². The summed E-state index contributed by atoms with van der Waals surface area (Å²) in [5.74, 6) is -0.736. The van der Waals surface area contributed by atoms with Gasteiger partial charge in [0.05, 0.1) is 11.0 Å². The van der Waals surface area contributed by atoms with Gasteiger partial charge in [0, 0.05) is 0 Å². The number of carbonyl (C=O) groups is 1. The number of hydrogen-bond donors (Lipinski definition) is 2. The quantitative estimate of drug-likeness (QED) is 0.879. The van der Waals surface area contributed by atoms with Gasteiger partial charge in [-0.1, -0.05) is 43.5 Å². The third-order valence-electron chi connectivity index (χ3n) is 4.24. The van der Waals surface area contributed by atoms with Crippen molar-refractivity contribution in [2.24, 2.45) is 0 Å². The third-order valence-corrected chi connectivity index (χ3v) is 4.24. The molecule has 3 heteroatoms. The number of benzene rings is 1. The summed E-state index contributed by atoms with van der Waals surface area (Å²) in [6, 6.07) is 7.44. The highest BCUT2D eigenvalue weighted by molar-refractivity contribution is 5.81. The van der Waals surface area contributed by atoms with Crippen LogP contribution in [0.15, 0.2) is 24.3 Å². The molecule has 0 saturated heterocycles. The highest BCUT2D eigenvalue weighted by atomic mass is 16.4. The molecule has 0 spiro atoms. The molecular formula is C16H22O3. The summed E-state index contributed by atoms with van der Waals surface area (Å²) in [6.45, 7) is 3.45. The molecule has 1 aliphatic rings. The van der Waals surface area contributed by atoms with Gasteiger partial charge in [0.2, 0.25) is 0 Å². The second kappa shape index (κ2) is 4.97. The summed E-state index contributed by atoms with van der Waals surface area (Å²) in [5.41, 5.74) is -0.0975. The highest BCUT2D eigenvalue weighted by Gasteiger charge is 2.41. The Morgan fingerprint density at radius 2 is 1.84 bits per heavy atom. The van der Waals surface area contributed by atoms with Gasteiger partial charge >= 0.3 is 5.97 Å². The van der Waals surface area contributed by atoms with Crippen LogP contribution in [0.4, 0.5) is 0 Å². The molecule has 0 radical (unpaired) electrons. The van der Waals surface area contributed by atoms with Crippen LogP contribution in [0.25, 0.3) is 0 Å². The first kappa shape index (κ1) is 14.1. The van der Waals surface area contributed by atoms with Crippen LogP contribution in [-0.2, 0) is 15.8 Å². The molecule has 1 fully saturated rings. The molecule has 2 N–H and O–H groups in total. The fourth-order valence-corrected chi connectivity index (χ4v) is 2.98. The van der Waals surface area contributed by atoms with Crippen molar-refractivity contribution in [3.8, 4) is 0 Å². The standard InChI is InChI=1S/C16H22O3/c1-15(2,19)12-7-6-8-13(11-12)16(14(17)18)9-4-3-5-10-16/h6-8,11,19H,3-5,9-10H2,1-2H3,(H,17,18). The Hall–Kier alpha value is -1.35. The average molecular weight is 262 g/mol. The fraction of sp³-hybridized carbons (Fsp3) is 0.562. The SMILES string of the molecule is CC(C)(O)c1cccc(C2(C(=O)O)CCCCC2)c1. The number of carboxylic acids is 1. The van der Waals surface area contributed by atoms with E-state index < -0.39 is 17.0 Å². The van der Waals surface area contributed by atoms with Crippen molar-refractivity contribution in [3.63, 3.8) is 0 Å². The molecule has 0 aromatic heterocycles. The van der Waals surface area contributed by atoms with Crippen LogP contribution in [0.5, 0.6) is 0 Å². The van der Waals surface area contributed by atoms with Crippen molar-refractivity contribution in [1.29, 1.82) is 0 Å². The second-order valence-corrected chi connectivity index (χ2v) is 6.09. The van der Waals surface area contributed by atoms with E-state index in [1.807, 2.05) is 24.3 Å². The number of aliphatic carboxylic acids is 1. The van der Waals surface area contributed by atoms with Crippen LogP contribution in [0, 0.1) is 0 Å². The summed E-state index contributed by atoms with van der Waals surface area (Å²) in [6.07, 6.45) is 4.41. The third kappa shape index (κ3) is 2.66. The molecule has 0 heterocycles. The lowest BCUT2D eigenvalue weighted by Crippen LogP contribution is -2.38. The van der Waals surface area contributed by atoms with E-state index in [1.165, 1.54) is 0 Å². The summed E-state index contributed by atoms with van der Waals surface area (Å²) in [7, 11) is 0. The molecule has 1 aromatic rings. The van der Waals surface area contributed by atoms with E-state index in [9.17, 15) is 15.0 Å². The van der Waals surface area contributed by atoms with Crippen LogP contribution in [0.3, 0.4) is 0 Å². The van der Waals surface area contributed by atoms with Gasteiger partial charge in [-0.25, -0.2) is 0 Å². The molecule has 1 aliphatic carbocycles. The summed E-state index contributed by atoms with van der Waals surface area (Å²) < 4.78 is 0. The molecule has 0 amide bonds. The Morgan fingerprint density at radius 3 is 2.37 bits per heavy atom. The Kier molecular flexibility index (Phi) is 3.68. The first-order chi connectivity index (χ1) is 8.86. The van der Waals surface area contributed by atoms with Gasteiger partial charge in [-0.3, -0.25) is 4.79 Å². The minimum Gasteiger partial charge on any atom is -0.481 e. The maximum atomic E-state index is 11.8. The predicted molar refractivity (Wildman–Crippen MR) is 74.1 cm³/mol. The number of rotatable bonds is 3. The van der Waals surface area contributed by atoms with E-state index in [-0.39, 0.29) is 0 Å². The zero-order valence-electron chi connectivity index (χ0n) is 11.6. The molecule has 1 aromatic carbocycles. The Balaban J connectivity index is 2.46. The largest absolute Gasteiger partial charge is 0.481 e. The average Bonchev–Trinajstić information content (AvgIpc) is 2.38. The van der Waals surface area contributed by atoms with Crippen molar-refractivity contribution in [3.05, 3.63) is 35.4 Å². The van der Waals surface area contributed by atoms with E-state index in [2.05, 4.69) is 0 Å². The molecule has 0 aliphatic heterocycles. The lowest BCUT2D eigenvalue weighted by molar-refractivity contribution is -0.145. The summed E-state index contributed by atoms with van der Waals surface area (Å²) in [5, 5.41) is 19.8. The van der Waals surface area contributed by atoms with Gasteiger partial charge in [-0.15, -0.1) is 0 Å². The summed E-state index contributed by atoms with van der Waals surface area (Å²) in [4.78, 5) is 11.8. The maximum Gasteiger partial charge on any atom is 0.314 e. The van der Waals surface area contributed by atoms with E-state index in [1.54, 1.807) is 13.8 Å². The van der Waals surface area contributed by atoms with Crippen molar-refractivity contribution < 1.29 is 15.0 Å². The van der Waals surface area contributed by atoms with Gasteiger partial charge in [0.25, 0.3) is 0 Å². The molecular weight excluding hydrogens is 240 g/mol. The van der Waals surface area contributed by atoms with Crippen LogP contribution in [0.2, 0.25) is 0 Å². The van der Waals surface area contributed by atoms with Gasteiger partial charge in [0.15, 0.2) is 0 Å². The van der Waals surface area contributed by atoms with Crippen LogP contribution in [0.1, 0.15) is 57.1 Å². The molecule has 19 heavy (non-hydrogen) atoms. The Bertz CT molecular complexity index is 465. The van der Waals surface area contributed by atoms with Gasteiger partial charge < -0.3 is 10.2 Å². The molecule has 0 unspecified atom stereocenters. The van der Waals surface area contributed by atoms with Crippen LogP contribution < -0.4 is 0 Å². The minimum atomic E-state index is -0.940. The lowest BCUT2D eigenvalue weighted by atomic mass is 9.69. The lowest BCUT2D eigenvalue weighted by Gasteiger charge is -2.34. The topological polar surface area (TPSA) is 57.5 Å². The van der Waals surface area contributed by atoms with E-state index in [4.69, 9.17) is 0 Å². The second-order valence-electron chi connectivity index (χ2n) is 6.09. The highest BCUT2D eigenvalue weighted by Crippen LogP contribution is 2.40. The van der Waals surface area contributed by atoms with Crippen LogP contribution >= 0.6 is 0 Å². The number of hydrogen-bond acceptors (Lipinski definition) is 2. The monoisotopic (exact) mass is 262 g/mol. The zero-order chi connectivity index (χ0) is 14.1. The molecule has 0 bridgehead atoms. The van der Waals surface area contributed by atoms with Crippen LogP contribution in [-0.4, -0.2) is 16.2 Å².